The number of hydrogen-bond donors (Lipinski definition) is 1. The molecule has 0 amide bonds. The van der Waals surface area contributed by atoms with Crippen molar-refractivity contribution in [3.63, 3.8) is 0 Å². The van der Waals surface area contributed by atoms with Gasteiger partial charge in [0.2, 0.25) is 0 Å². The predicted octanol–water partition coefficient (Wildman–Crippen LogP) is 1.95. The second-order valence-electron chi connectivity index (χ2n) is 5.06. The molecule has 2 aromatic heterocycles. The molecule has 0 aromatic carbocycles. The van der Waals surface area contributed by atoms with Gasteiger partial charge in [0, 0.05) is 62.9 Å². The van der Waals surface area contributed by atoms with E-state index >= 15 is 0 Å². The fraction of sp³-hybridized carbons (Fsp3) is 0.412. The van der Waals surface area contributed by atoms with Crippen molar-refractivity contribution in [2.75, 3.05) is 26.2 Å². The van der Waals surface area contributed by atoms with Gasteiger partial charge in [-0.15, -0.1) is 0 Å². The van der Waals surface area contributed by atoms with E-state index in [0.717, 1.165) is 50.3 Å². The van der Waals surface area contributed by atoms with Crippen LogP contribution in [0.2, 0.25) is 0 Å². The van der Waals surface area contributed by atoms with Gasteiger partial charge in [0.25, 0.3) is 0 Å². The average molecular weight is 285 g/mol. The Labute approximate surface area is 126 Å². The van der Waals surface area contributed by atoms with Crippen LogP contribution in [0.3, 0.4) is 0 Å². The summed E-state index contributed by atoms with van der Waals surface area (Å²) in [7, 11) is 0. The highest BCUT2D eigenvalue weighted by molar-refractivity contribution is 5.05. The van der Waals surface area contributed by atoms with Gasteiger partial charge in [0.15, 0.2) is 0 Å². The van der Waals surface area contributed by atoms with Crippen molar-refractivity contribution >= 4 is 0 Å². The third-order valence-corrected chi connectivity index (χ3v) is 3.45. The van der Waals surface area contributed by atoms with Gasteiger partial charge in [-0.05, 0) is 30.7 Å². The molecule has 2 aromatic rings. The monoisotopic (exact) mass is 285 g/mol. The lowest BCUT2D eigenvalue weighted by Crippen LogP contribution is -2.30. The minimum absolute atomic E-state index is 0.240. The van der Waals surface area contributed by atoms with Crippen LogP contribution in [0, 0.1) is 0 Å². The molecular formula is C17H23N3O. The molecule has 0 unspecified atom stereocenters. The first kappa shape index (κ1) is 15.6. The van der Waals surface area contributed by atoms with Crippen molar-refractivity contribution in [2.45, 2.75) is 19.3 Å². The van der Waals surface area contributed by atoms with Crippen LogP contribution in [0.15, 0.2) is 48.8 Å². The average Bonchev–Trinajstić information content (AvgIpc) is 2.56. The van der Waals surface area contributed by atoms with Gasteiger partial charge >= 0.3 is 0 Å². The molecule has 0 aliphatic rings. The van der Waals surface area contributed by atoms with Crippen LogP contribution in [-0.2, 0) is 12.8 Å². The van der Waals surface area contributed by atoms with E-state index in [-0.39, 0.29) is 6.61 Å². The van der Waals surface area contributed by atoms with Crippen molar-refractivity contribution in [1.82, 2.24) is 14.9 Å². The zero-order valence-corrected chi connectivity index (χ0v) is 12.4. The Morgan fingerprint density at radius 3 is 1.81 bits per heavy atom. The zero-order chi connectivity index (χ0) is 14.8. The number of pyridine rings is 2. The Morgan fingerprint density at radius 2 is 1.38 bits per heavy atom. The summed E-state index contributed by atoms with van der Waals surface area (Å²) in [6.45, 7) is 3.08. The predicted molar refractivity (Wildman–Crippen MR) is 84.0 cm³/mol. The van der Waals surface area contributed by atoms with E-state index in [1.807, 2.05) is 36.7 Å². The third kappa shape index (κ3) is 6.02. The summed E-state index contributed by atoms with van der Waals surface area (Å²) >= 11 is 0. The number of rotatable bonds is 9. The SMILES string of the molecule is OCCCN(CCc1ccccn1)CCc1ccccn1. The second-order valence-corrected chi connectivity index (χ2v) is 5.06. The van der Waals surface area contributed by atoms with Gasteiger partial charge in [0.1, 0.15) is 0 Å². The molecule has 0 bridgehead atoms. The highest BCUT2D eigenvalue weighted by atomic mass is 16.3. The maximum absolute atomic E-state index is 9.03. The van der Waals surface area contributed by atoms with Crippen LogP contribution in [-0.4, -0.2) is 46.2 Å². The van der Waals surface area contributed by atoms with Crippen molar-refractivity contribution in [2.24, 2.45) is 0 Å². The molecule has 112 valence electrons. The Kier molecular flexibility index (Phi) is 6.84. The first-order chi connectivity index (χ1) is 10.4. The molecule has 0 atom stereocenters. The molecule has 0 saturated heterocycles. The van der Waals surface area contributed by atoms with Gasteiger partial charge in [-0.1, -0.05) is 12.1 Å². The summed E-state index contributed by atoms with van der Waals surface area (Å²) in [6.07, 6.45) is 6.36. The number of aliphatic hydroxyl groups is 1. The van der Waals surface area contributed by atoms with Crippen LogP contribution in [0.4, 0.5) is 0 Å². The van der Waals surface area contributed by atoms with Gasteiger partial charge in [-0.2, -0.15) is 0 Å². The molecule has 0 spiro atoms. The van der Waals surface area contributed by atoms with E-state index in [1.165, 1.54) is 0 Å². The van der Waals surface area contributed by atoms with Gasteiger partial charge < -0.3 is 10.0 Å². The zero-order valence-electron chi connectivity index (χ0n) is 12.4. The molecule has 2 heterocycles. The van der Waals surface area contributed by atoms with Gasteiger partial charge in [0.05, 0.1) is 0 Å². The number of aliphatic hydroxyl groups excluding tert-OH is 1. The lowest BCUT2D eigenvalue weighted by Gasteiger charge is -2.21. The highest BCUT2D eigenvalue weighted by Gasteiger charge is 2.06. The fourth-order valence-corrected chi connectivity index (χ4v) is 2.27. The molecule has 1 N–H and O–H groups in total. The van der Waals surface area contributed by atoms with Crippen molar-refractivity contribution < 1.29 is 5.11 Å². The van der Waals surface area contributed by atoms with Crippen LogP contribution >= 0.6 is 0 Å². The fourth-order valence-electron chi connectivity index (χ4n) is 2.27. The molecule has 0 aliphatic carbocycles. The topological polar surface area (TPSA) is 49.2 Å². The number of aromatic nitrogens is 2. The summed E-state index contributed by atoms with van der Waals surface area (Å²) in [4.78, 5) is 11.1. The van der Waals surface area contributed by atoms with Crippen molar-refractivity contribution in [3.05, 3.63) is 60.2 Å². The normalized spacial score (nSPS) is 11.0. The third-order valence-electron chi connectivity index (χ3n) is 3.45. The van der Waals surface area contributed by atoms with E-state index in [9.17, 15) is 0 Å². The first-order valence-corrected chi connectivity index (χ1v) is 7.51. The van der Waals surface area contributed by atoms with E-state index in [0.29, 0.717) is 0 Å². The summed E-state index contributed by atoms with van der Waals surface area (Å²) < 4.78 is 0. The van der Waals surface area contributed by atoms with E-state index in [4.69, 9.17) is 5.11 Å². The van der Waals surface area contributed by atoms with Crippen LogP contribution in [0.5, 0.6) is 0 Å². The quantitative estimate of drug-likeness (QED) is 0.765. The minimum atomic E-state index is 0.240. The van der Waals surface area contributed by atoms with Gasteiger partial charge in [-0.3, -0.25) is 9.97 Å². The lowest BCUT2D eigenvalue weighted by atomic mass is 10.2. The molecule has 0 saturated carbocycles. The van der Waals surface area contributed by atoms with Crippen LogP contribution in [0.1, 0.15) is 17.8 Å². The largest absolute Gasteiger partial charge is 0.396 e. The smallest absolute Gasteiger partial charge is 0.0443 e. The van der Waals surface area contributed by atoms with Crippen LogP contribution in [0.25, 0.3) is 0 Å². The van der Waals surface area contributed by atoms with Crippen molar-refractivity contribution in [3.8, 4) is 0 Å². The molecule has 2 rings (SSSR count). The van der Waals surface area contributed by atoms with Crippen LogP contribution < -0.4 is 0 Å². The molecule has 0 fully saturated rings. The minimum Gasteiger partial charge on any atom is -0.396 e. The molecule has 4 nitrogen and oxygen atoms in total. The summed E-state index contributed by atoms with van der Waals surface area (Å²) in [5, 5.41) is 9.03. The molecule has 21 heavy (non-hydrogen) atoms. The maximum Gasteiger partial charge on any atom is 0.0443 e. The Bertz CT molecular complexity index is 446. The summed E-state index contributed by atoms with van der Waals surface area (Å²) in [5.41, 5.74) is 2.23. The Morgan fingerprint density at radius 1 is 0.810 bits per heavy atom. The molecule has 0 radical (unpaired) electrons. The van der Waals surface area contributed by atoms with Gasteiger partial charge in [-0.25, -0.2) is 0 Å². The highest BCUT2D eigenvalue weighted by Crippen LogP contribution is 2.02. The second kappa shape index (κ2) is 9.21. The summed E-state index contributed by atoms with van der Waals surface area (Å²) in [5.74, 6) is 0. The Hall–Kier alpha value is -1.78. The molecule has 4 heteroatoms. The summed E-state index contributed by atoms with van der Waals surface area (Å²) in [6, 6.07) is 12.0. The molecule has 0 aliphatic heterocycles. The van der Waals surface area contributed by atoms with Crippen molar-refractivity contribution in [1.29, 1.82) is 0 Å². The van der Waals surface area contributed by atoms with E-state index < -0.39 is 0 Å². The lowest BCUT2D eigenvalue weighted by molar-refractivity contribution is 0.226. The number of hydrogen-bond acceptors (Lipinski definition) is 4. The standard InChI is InChI=1S/C17H23N3O/c21-15-5-12-20(13-8-16-6-1-3-10-18-16)14-9-17-7-2-4-11-19-17/h1-4,6-7,10-11,21H,5,8-9,12-15H2. The Balaban J connectivity index is 1.82. The van der Waals surface area contributed by atoms with E-state index in [2.05, 4.69) is 27.0 Å². The first-order valence-electron chi connectivity index (χ1n) is 7.51. The number of nitrogens with zero attached hydrogens (tertiary/aromatic N) is 3. The molecular weight excluding hydrogens is 262 g/mol. The maximum atomic E-state index is 9.03. The van der Waals surface area contributed by atoms with E-state index in [1.54, 1.807) is 0 Å².